The van der Waals surface area contributed by atoms with E-state index in [1.165, 1.54) is 6.07 Å². The molecule has 0 unspecified atom stereocenters. The van der Waals surface area contributed by atoms with Gasteiger partial charge in [-0.15, -0.1) is 0 Å². The van der Waals surface area contributed by atoms with Crippen LogP contribution in [0.4, 0.5) is 17.1 Å². The fourth-order valence-electron chi connectivity index (χ4n) is 2.24. The smallest absolute Gasteiger partial charge is 0.330 e. The number of phenols is 1. The van der Waals surface area contributed by atoms with E-state index < -0.39 is 5.97 Å². The van der Waals surface area contributed by atoms with Gasteiger partial charge < -0.3 is 14.6 Å². The van der Waals surface area contributed by atoms with Crippen molar-refractivity contribution in [3.63, 3.8) is 0 Å². The molecule has 0 saturated carbocycles. The molecule has 25 heavy (non-hydrogen) atoms. The maximum atomic E-state index is 10.9. The summed E-state index contributed by atoms with van der Waals surface area (Å²) in [6.45, 7) is 3.57. The zero-order chi connectivity index (χ0) is 17.8. The lowest BCUT2D eigenvalue weighted by molar-refractivity contribution is -0.138. The fourth-order valence-corrected chi connectivity index (χ4v) is 2.41. The Morgan fingerprint density at radius 3 is 2.76 bits per heavy atom. The first-order valence-electron chi connectivity index (χ1n) is 7.45. The SMILES string of the molecule is C=CC(=O)OCCOc1ccc(N2Nc3ccc(Cl)cc3N2)c(O)c1. The number of hydrazine groups is 2. The zero-order valence-electron chi connectivity index (χ0n) is 13.2. The van der Waals surface area contributed by atoms with E-state index in [9.17, 15) is 9.90 Å². The number of hydrogen-bond acceptors (Lipinski definition) is 7. The van der Waals surface area contributed by atoms with Crippen molar-refractivity contribution in [3.8, 4) is 11.5 Å². The van der Waals surface area contributed by atoms with Crippen LogP contribution < -0.4 is 20.7 Å². The number of carbonyl (C=O) groups excluding carboxylic acids is 1. The molecule has 0 fully saturated rings. The molecule has 0 aliphatic carbocycles. The monoisotopic (exact) mass is 361 g/mol. The van der Waals surface area contributed by atoms with Gasteiger partial charge in [-0.05, 0) is 30.3 Å². The second kappa shape index (κ2) is 7.23. The summed E-state index contributed by atoms with van der Waals surface area (Å²) in [6, 6.07) is 10.3. The first-order chi connectivity index (χ1) is 12.1. The number of fused-ring (bicyclic) bond motifs is 1. The topological polar surface area (TPSA) is 83.1 Å². The predicted molar refractivity (Wildman–Crippen MR) is 95.9 cm³/mol. The first kappa shape index (κ1) is 16.8. The largest absolute Gasteiger partial charge is 0.505 e. The molecule has 3 rings (SSSR count). The maximum Gasteiger partial charge on any atom is 0.330 e. The number of halogens is 1. The summed E-state index contributed by atoms with van der Waals surface area (Å²) in [4.78, 5) is 10.9. The molecule has 0 saturated heterocycles. The molecule has 0 spiro atoms. The minimum atomic E-state index is -0.507. The number of anilines is 3. The first-order valence-corrected chi connectivity index (χ1v) is 7.82. The molecule has 2 aromatic carbocycles. The highest BCUT2D eigenvalue weighted by atomic mass is 35.5. The number of benzene rings is 2. The molecule has 2 aromatic rings. The molecular formula is C17H16ClN3O4. The van der Waals surface area contributed by atoms with Crippen molar-refractivity contribution in [3.05, 3.63) is 54.1 Å². The van der Waals surface area contributed by atoms with Gasteiger partial charge in [0, 0.05) is 17.2 Å². The number of rotatable bonds is 6. The number of hydrogen-bond donors (Lipinski definition) is 3. The van der Waals surface area contributed by atoms with Crippen LogP contribution in [0.3, 0.4) is 0 Å². The summed E-state index contributed by atoms with van der Waals surface area (Å²) < 4.78 is 10.2. The van der Waals surface area contributed by atoms with Crippen molar-refractivity contribution in [1.29, 1.82) is 0 Å². The average Bonchev–Trinajstić information content (AvgIpc) is 3.01. The average molecular weight is 362 g/mol. The Morgan fingerprint density at radius 2 is 2.00 bits per heavy atom. The number of ether oxygens (including phenoxy) is 2. The van der Waals surface area contributed by atoms with E-state index in [1.54, 1.807) is 29.4 Å². The van der Waals surface area contributed by atoms with Crippen molar-refractivity contribution < 1.29 is 19.4 Å². The Bertz CT molecular complexity index is 812. The van der Waals surface area contributed by atoms with Gasteiger partial charge in [-0.2, -0.15) is 5.12 Å². The van der Waals surface area contributed by atoms with Crippen LogP contribution in [0.1, 0.15) is 0 Å². The van der Waals surface area contributed by atoms with Crippen molar-refractivity contribution in [1.82, 2.24) is 0 Å². The van der Waals surface area contributed by atoms with Crippen molar-refractivity contribution in [2.24, 2.45) is 0 Å². The summed E-state index contributed by atoms with van der Waals surface area (Å²) >= 11 is 5.97. The van der Waals surface area contributed by atoms with Gasteiger partial charge in [0.25, 0.3) is 0 Å². The second-order valence-electron chi connectivity index (χ2n) is 5.12. The van der Waals surface area contributed by atoms with Gasteiger partial charge >= 0.3 is 5.97 Å². The van der Waals surface area contributed by atoms with Crippen LogP contribution in [0, 0.1) is 0 Å². The molecule has 0 radical (unpaired) electrons. The van der Waals surface area contributed by atoms with Crippen molar-refractivity contribution >= 4 is 34.6 Å². The van der Waals surface area contributed by atoms with Gasteiger partial charge in [0.2, 0.25) is 0 Å². The molecular weight excluding hydrogens is 346 g/mol. The number of nitrogens with zero attached hydrogens (tertiary/aromatic N) is 1. The third-order valence-electron chi connectivity index (χ3n) is 3.40. The van der Waals surface area contributed by atoms with Gasteiger partial charge in [-0.25, -0.2) is 4.79 Å². The number of esters is 1. The minimum Gasteiger partial charge on any atom is -0.505 e. The van der Waals surface area contributed by atoms with Gasteiger partial charge in [-0.1, -0.05) is 18.2 Å². The highest BCUT2D eigenvalue weighted by molar-refractivity contribution is 6.31. The lowest BCUT2D eigenvalue weighted by atomic mass is 10.3. The highest BCUT2D eigenvalue weighted by Gasteiger charge is 2.20. The van der Waals surface area contributed by atoms with Crippen molar-refractivity contribution in [2.75, 3.05) is 29.2 Å². The minimum absolute atomic E-state index is 0.0134. The molecule has 1 aliphatic rings. The van der Waals surface area contributed by atoms with E-state index in [0.717, 1.165) is 17.5 Å². The van der Waals surface area contributed by atoms with Crippen LogP contribution in [0.5, 0.6) is 11.5 Å². The summed E-state index contributed by atoms with van der Waals surface area (Å²) in [5.74, 6) is -0.0391. The van der Waals surface area contributed by atoms with E-state index in [0.29, 0.717) is 16.5 Å². The van der Waals surface area contributed by atoms with Gasteiger partial charge in [0.05, 0.1) is 11.4 Å². The van der Waals surface area contributed by atoms with E-state index in [4.69, 9.17) is 21.1 Å². The molecule has 0 amide bonds. The quantitative estimate of drug-likeness (QED) is 0.413. The molecule has 1 aliphatic heterocycles. The van der Waals surface area contributed by atoms with Crippen LogP contribution in [-0.4, -0.2) is 24.3 Å². The van der Waals surface area contributed by atoms with Crippen LogP contribution in [0.2, 0.25) is 5.02 Å². The van der Waals surface area contributed by atoms with E-state index in [1.807, 2.05) is 6.07 Å². The van der Waals surface area contributed by atoms with E-state index >= 15 is 0 Å². The Hall–Kier alpha value is -3.06. The molecule has 0 bridgehead atoms. The lowest BCUT2D eigenvalue weighted by Crippen LogP contribution is -2.29. The summed E-state index contributed by atoms with van der Waals surface area (Å²) in [6.07, 6.45) is 1.09. The second-order valence-corrected chi connectivity index (χ2v) is 5.56. The summed E-state index contributed by atoms with van der Waals surface area (Å²) in [5.41, 5.74) is 8.35. The number of aromatic hydroxyl groups is 1. The third kappa shape index (κ3) is 3.89. The molecule has 7 nitrogen and oxygen atoms in total. The molecule has 8 heteroatoms. The molecule has 0 atom stereocenters. The van der Waals surface area contributed by atoms with Gasteiger partial charge in [0.15, 0.2) is 0 Å². The third-order valence-corrected chi connectivity index (χ3v) is 3.63. The van der Waals surface area contributed by atoms with E-state index in [-0.39, 0.29) is 19.0 Å². The Labute approximate surface area is 149 Å². The fraction of sp³-hybridized carbons (Fsp3) is 0.118. The summed E-state index contributed by atoms with van der Waals surface area (Å²) in [5, 5.41) is 12.4. The maximum absolute atomic E-state index is 10.9. The highest BCUT2D eigenvalue weighted by Crippen LogP contribution is 2.37. The lowest BCUT2D eigenvalue weighted by Gasteiger charge is -2.20. The Kier molecular flexibility index (Phi) is 4.85. The molecule has 1 heterocycles. The zero-order valence-corrected chi connectivity index (χ0v) is 13.9. The molecule has 130 valence electrons. The molecule has 0 aromatic heterocycles. The number of phenolic OH excluding ortho intramolecular Hbond substituents is 1. The molecule has 3 N–H and O–H groups in total. The number of nitrogens with one attached hydrogen (secondary N) is 2. The van der Waals surface area contributed by atoms with E-state index in [2.05, 4.69) is 17.4 Å². The Balaban J connectivity index is 1.61. The summed E-state index contributed by atoms with van der Waals surface area (Å²) in [7, 11) is 0. The van der Waals surface area contributed by atoms with Crippen LogP contribution in [-0.2, 0) is 9.53 Å². The normalized spacial score (nSPS) is 12.0. The standard InChI is InChI=1S/C17H16ClN3O4/c1-2-17(23)25-8-7-24-12-4-6-15(16(22)10-12)21-19-13-5-3-11(18)9-14(13)20-21/h2-6,9-10,19-20,22H,1,7-8H2. The number of carbonyl (C=O) groups is 1. The Morgan fingerprint density at radius 1 is 1.20 bits per heavy atom. The predicted octanol–water partition coefficient (Wildman–Crippen LogP) is 3.33. The van der Waals surface area contributed by atoms with Crippen LogP contribution in [0.15, 0.2) is 49.1 Å². The van der Waals surface area contributed by atoms with Gasteiger partial charge in [-0.3, -0.25) is 10.9 Å². The van der Waals surface area contributed by atoms with Crippen LogP contribution >= 0.6 is 11.6 Å². The van der Waals surface area contributed by atoms with Gasteiger partial charge in [0.1, 0.15) is 30.4 Å². The van der Waals surface area contributed by atoms with Crippen LogP contribution in [0.25, 0.3) is 0 Å². The van der Waals surface area contributed by atoms with Crippen molar-refractivity contribution in [2.45, 2.75) is 0 Å².